The zero-order chi connectivity index (χ0) is 12.4. The molecular formula is C13H12BrNO2. The van der Waals surface area contributed by atoms with E-state index in [4.69, 9.17) is 4.74 Å². The number of carbonyl (C=O) groups excluding carboxylic acids is 1. The molecule has 1 aromatic heterocycles. The molecule has 0 saturated carbocycles. The van der Waals surface area contributed by atoms with E-state index in [1.54, 1.807) is 6.07 Å². The van der Waals surface area contributed by atoms with Gasteiger partial charge in [0.2, 0.25) is 0 Å². The molecule has 4 heteroatoms. The summed E-state index contributed by atoms with van der Waals surface area (Å²) >= 11 is 3.40. The van der Waals surface area contributed by atoms with E-state index < -0.39 is 0 Å². The van der Waals surface area contributed by atoms with Crippen LogP contribution in [0.4, 0.5) is 0 Å². The number of hydrogen-bond donors (Lipinski definition) is 1. The van der Waals surface area contributed by atoms with Gasteiger partial charge >= 0.3 is 5.97 Å². The first-order chi connectivity index (χ1) is 8.17. The highest BCUT2D eigenvalue weighted by atomic mass is 79.9. The van der Waals surface area contributed by atoms with Crippen LogP contribution in [0.25, 0.3) is 10.9 Å². The van der Waals surface area contributed by atoms with Crippen LogP contribution in [0, 0.1) is 0 Å². The minimum Gasteiger partial charge on any atom is -0.465 e. The Kier molecular flexibility index (Phi) is 3.33. The molecule has 2 rings (SSSR count). The van der Waals surface area contributed by atoms with Gasteiger partial charge in [0.25, 0.3) is 0 Å². The van der Waals surface area contributed by atoms with Crippen molar-refractivity contribution in [3.05, 3.63) is 46.6 Å². The molecule has 0 aliphatic heterocycles. The fourth-order valence-corrected chi connectivity index (χ4v) is 2.31. The normalized spacial score (nSPS) is 10.5. The lowest BCUT2D eigenvalue weighted by atomic mass is 10.1. The highest BCUT2D eigenvalue weighted by molar-refractivity contribution is 9.10. The van der Waals surface area contributed by atoms with Gasteiger partial charge in [0.1, 0.15) is 0 Å². The molecule has 1 aromatic carbocycles. The zero-order valence-electron chi connectivity index (χ0n) is 9.42. The second kappa shape index (κ2) is 4.75. The Labute approximate surface area is 108 Å². The van der Waals surface area contributed by atoms with E-state index in [-0.39, 0.29) is 5.97 Å². The van der Waals surface area contributed by atoms with Gasteiger partial charge < -0.3 is 9.72 Å². The van der Waals surface area contributed by atoms with Crippen molar-refractivity contribution in [2.24, 2.45) is 0 Å². The highest BCUT2D eigenvalue weighted by Crippen LogP contribution is 2.27. The lowest BCUT2D eigenvalue weighted by molar-refractivity contribution is 0.0602. The lowest BCUT2D eigenvalue weighted by Crippen LogP contribution is -2.02. The molecule has 2 aromatic rings. The van der Waals surface area contributed by atoms with Crippen LogP contribution < -0.4 is 0 Å². The van der Waals surface area contributed by atoms with Gasteiger partial charge in [0, 0.05) is 16.1 Å². The number of halogens is 1. The van der Waals surface area contributed by atoms with Crippen LogP contribution in [-0.2, 0) is 11.2 Å². The molecule has 1 N–H and O–H groups in total. The van der Waals surface area contributed by atoms with Crippen molar-refractivity contribution >= 4 is 32.8 Å². The number of hydrogen-bond acceptors (Lipinski definition) is 2. The van der Waals surface area contributed by atoms with Crippen molar-refractivity contribution in [3.63, 3.8) is 0 Å². The Hall–Kier alpha value is -1.55. The van der Waals surface area contributed by atoms with Gasteiger partial charge in [0.05, 0.1) is 18.2 Å². The molecule has 0 unspecified atom stereocenters. The van der Waals surface area contributed by atoms with E-state index in [0.29, 0.717) is 5.56 Å². The number of benzene rings is 1. The average Bonchev–Trinajstić information content (AvgIpc) is 2.71. The predicted molar refractivity (Wildman–Crippen MR) is 71.2 cm³/mol. The van der Waals surface area contributed by atoms with Gasteiger partial charge in [-0.05, 0) is 24.1 Å². The third kappa shape index (κ3) is 2.13. The first-order valence-electron chi connectivity index (χ1n) is 5.16. The number of esters is 1. The summed E-state index contributed by atoms with van der Waals surface area (Å²) in [6.07, 6.45) is 4.49. The smallest absolute Gasteiger partial charge is 0.340 e. The fraction of sp³-hybridized carbons (Fsp3) is 0.154. The van der Waals surface area contributed by atoms with E-state index in [0.717, 1.165) is 27.4 Å². The standard InChI is InChI=1S/C13H12BrNO2/c1-3-4-8-7-15-12-10(8)5-9(14)6-11(12)13(16)17-2/h3,5-7,15H,1,4H2,2H3. The number of allylic oxidation sites excluding steroid dienone is 1. The monoisotopic (exact) mass is 293 g/mol. The molecule has 0 bridgehead atoms. The van der Waals surface area contributed by atoms with Crippen molar-refractivity contribution in [2.75, 3.05) is 7.11 Å². The molecule has 17 heavy (non-hydrogen) atoms. The number of rotatable bonds is 3. The third-order valence-corrected chi connectivity index (χ3v) is 3.07. The molecule has 0 saturated heterocycles. The maximum absolute atomic E-state index is 11.7. The third-order valence-electron chi connectivity index (χ3n) is 2.61. The summed E-state index contributed by atoms with van der Waals surface area (Å²) in [5, 5.41) is 1.01. The predicted octanol–water partition coefficient (Wildman–Crippen LogP) is 3.45. The van der Waals surface area contributed by atoms with Crippen molar-refractivity contribution < 1.29 is 9.53 Å². The Morgan fingerprint density at radius 3 is 3.00 bits per heavy atom. The molecule has 0 fully saturated rings. The number of aromatic nitrogens is 1. The zero-order valence-corrected chi connectivity index (χ0v) is 11.0. The van der Waals surface area contributed by atoms with Gasteiger partial charge in [-0.3, -0.25) is 0 Å². The molecular weight excluding hydrogens is 282 g/mol. The topological polar surface area (TPSA) is 42.1 Å². The summed E-state index contributed by atoms with van der Waals surface area (Å²) < 4.78 is 5.63. The minimum atomic E-state index is -0.344. The van der Waals surface area contributed by atoms with Crippen molar-refractivity contribution in [3.8, 4) is 0 Å². The number of methoxy groups -OCH3 is 1. The summed E-state index contributed by atoms with van der Waals surface area (Å²) in [6, 6.07) is 3.74. The molecule has 0 aliphatic rings. The van der Waals surface area contributed by atoms with E-state index in [9.17, 15) is 4.79 Å². The maximum Gasteiger partial charge on any atom is 0.340 e. The van der Waals surface area contributed by atoms with Crippen molar-refractivity contribution in [1.82, 2.24) is 4.98 Å². The van der Waals surface area contributed by atoms with Gasteiger partial charge in [0.15, 0.2) is 0 Å². The molecule has 0 amide bonds. The Balaban J connectivity index is 2.69. The molecule has 0 aliphatic carbocycles. The van der Waals surface area contributed by atoms with Crippen LogP contribution in [0.15, 0.2) is 35.5 Å². The van der Waals surface area contributed by atoms with Crippen molar-refractivity contribution in [1.29, 1.82) is 0 Å². The summed E-state index contributed by atoms with van der Waals surface area (Å²) in [6.45, 7) is 3.72. The molecule has 3 nitrogen and oxygen atoms in total. The van der Waals surface area contributed by atoms with Gasteiger partial charge in [-0.15, -0.1) is 6.58 Å². The Morgan fingerprint density at radius 2 is 2.35 bits per heavy atom. The lowest BCUT2D eigenvalue weighted by Gasteiger charge is -2.03. The first-order valence-corrected chi connectivity index (χ1v) is 5.95. The Morgan fingerprint density at radius 1 is 1.59 bits per heavy atom. The first kappa shape index (κ1) is 11.9. The van der Waals surface area contributed by atoms with E-state index in [1.807, 2.05) is 18.3 Å². The second-order valence-corrected chi connectivity index (χ2v) is 4.59. The van der Waals surface area contributed by atoms with Crippen LogP contribution in [0.1, 0.15) is 15.9 Å². The van der Waals surface area contributed by atoms with E-state index >= 15 is 0 Å². The second-order valence-electron chi connectivity index (χ2n) is 3.67. The van der Waals surface area contributed by atoms with Crippen molar-refractivity contribution in [2.45, 2.75) is 6.42 Å². The van der Waals surface area contributed by atoms with Gasteiger partial charge in [-0.2, -0.15) is 0 Å². The SMILES string of the molecule is C=CCc1c[nH]c2c(C(=O)OC)cc(Br)cc12. The number of H-pyrrole nitrogens is 1. The van der Waals surface area contributed by atoms with Crippen LogP contribution >= 0.6 is 15.9 Å². The van der Waals surface area contributed by atoms with Crippen LogP contribution in [0.5, 0.6) is 0 Å². The number of carbonyl (C=O) groups is 1. The maximum atomic E-state index is 11.7. The highest BCUT2D eigenvalue weighted by Gasteiger charge is 2.14. The summed E-state index contributed by atoms with van der Waals surface area (Å²) in [4.78, 5) is 14.8. The van der Waals surface area contributed by atoms with Crippen LogP contribution in [0.2, 0.25) is 0 Å². The molecule has 0 radical (unpaired) electrons. The van der Waals surface area contributed by atoms with Gasteiger partial charge in [-0.25, -0.2) is 4.79 Å². The molecule has 0 atom stereocenters. The molecule has 88 valence electrons. The van der Waals surface area contributed by atoms with E-state index in [1.165, 1.54) is 7.11 Å². The fourth-order valence-electron chi connectivity index (χ4n) is 1.85. The number of fused-ring (bicyclic) bond motifs is 1. The summed E-state index contributed by atoms with van der Waals surface area (Å²) in [5.41, 5.74) is 2.45. The Bertz CT molecular complexity index is 586. The van der Waals surface area contributed by atoms with Crippen LogP contribution in [-0.4, -0.2) is 18.1 Å². The quantitative estimate of drug-likeness (QED) is 0.696. The largest absolute Gasteiger partial charge is 0.465 e. The molecule has 1 heterocycles. The summed E-state index contributed by atoms with van der Waals surface area (Å²) in [7, 11) is 1.38. The number of ether oxygens (including phenoxy) is 1. The molecule has 0 spiro atoms. The number of aromatic amines is 1. The summed E-state index contributed by atoms with van der Waals surface area (Å²) in [5.74, 6) is -0.344. The van der Waals surface area contributed by atoms with Gasteiger partial charge in [-0.1, -0.05) is 22.0 Å². The van der Waals surface area contributed by atoms with E-state index in [2.05, 4.69) is 27.5 Å². The number of nitrogens with one attached hydrogen (secondary N) is 1. The minimum absolute atomic E-state index is 0.344. The average molecular weight is 294 g/mol. The van der Waals surface area contributed by atoms with Crippen LogP contribution in [0.3, 0.4) is 0 Å².